The molecule has 6 heteroatoms. The number of hydrogen-bond donors (Lipinski definition) is 4. The lowest BCUT2D eigenvalue weighted by Crippen LogP contribution is -2.03. The molecule has 0 atom stereocenters. The Morgan fingerprint density at radius 1 is 1.56 bits per heavy atom. The summed E-state index contributed by atoms with van der Waals surface area (Å²) in [5.41, 5.74) is 8.81. The number of hydrogen-bond acceptors (Lipinski definition) is 3. The van der Waals surface area contributed by atoms with E-state index in [2.05, 4.69) is 5.73 Å². The molecule has 0 aromatic heterocycles. The van der Waals surface area contributed by atoms with Crippen molar-refractivity contribution in [2.75, 3.05) is 13.2 Å². The number of carbonyl (C=O) groups is 1. The number of aliphatic hydroxyl groups is 1. The smallest absolute Gasteiger partial charge is 0.402 e. The fraction of sp³-hybridized carbons (Fsp3) is 0.667. The minimum Gasteiger partial charge on any atom is -0.465 e. The minimum absolute atomic E-state index is 0. The summed E-state index contributed by atoms with van der Waals surface area (Å²) < 4.78 is 0. The lowest BCUT2D eigenvalue weighted by molar-refractivity contribution is 0.205. The van der Waals surface area contributed by atoms with Crippen molar-refractivity contribution in [3.8, 4) is 0 Å². The van der Waals surface area contributed by atoms with Crippen molar-refractivity contribution < 1.29 is 20.5 Å². The third-order valence-corrected chi connectivity index (χ3v) is 0.129. The van der Waals surface area contributed by atoms with E-state index in [-0.39, 0.29) is 12.1 Å². The normalized spacial score (nSPS) is 6.00. The molecule has 0 aliphatic rings. The molecule has 0 fully saturated rings. The molecule has 1 amide bonds. The van der Waals surface area contributed by atoms with Crippen LogP contribution in [0.1, 0.15) is 0 Å². The van der Waals surface area contributed by atoms with Gasteiger partial charge in [-0.3, -0.25) is 0 Å². The lowest BCUT2D eigenvalue weighted by atomic mass is 10.8. The van der Waals surface area contributed by atoms with Gasteiger partial charge in [-0.25, -0.2) is 4.79 Å². The molecule has 6 nitrogen and oxygen atoms in total. The maximum Gasteiger partial charge on any atom is 0.402 e. The van der Waals surface area contributed by atoms with Crippen molar-refractivity contribution in [2.24, 2.45) is 11.5 Å². The molecule has 0 aromatic carbocycles. The summed E-state index contributed by atoms with van der Waals surface area (Å²) in [7, 11) is 0. The summed E-state index contributed by atoms with van der Waals surface area (Å²) in [5, 5.41) is 14.9. The molecule has 0 rings (SSSR count). The molecule has 0 heterocycles. The number of nitrogens with two attached hydrogens (primary N) is 2. The molecule has 0 radical (unpaired) electrons. The summed E-state index contributed by atoms with van der Waals surface area (Å²) in [6.45, 7) is 0.472. The van der Waals surface area contributed by atoms with Crippen LogP contribution in [0.15, 0.2) is 0 Å². The van der Waals surface area contributed by atoms with Gasteiger partial charge < -0.3 is 27.2 Å². The number of primary amides is 1. The van der Waals surface area contributed by atoms with E-state index in [9.17, 15) is 0 Å². The van der Waals surface area contributed by atoms with Crippen LogP contribution in [-0.4, -0.2) is 34.9 Å². The summed E-state index contributed by atoms with van der Waals surface area (Å²) >= 11 is 0. The maximum absolute atomic E-state index is 8.78. The number of aliphatic hydroxyl groups excluding tert-OH is 1. The Balaban J connectivity index is -0.0000000720. The SMILES string of the molecule is NC(=O)O.NCCO.O. The highest BCUT2D eigenvalue weighted by atomic mass is 16.4. The lowest BCUT2D eigenvalue weighted by Gasteiger charge is -1.71. The third-order valence-electron chi connectivity index (χ3n) is 0.129. The summed E-state index contributed by atoms with van der Waals surface area (Å²) in [4.78, 5) is 8.78. The van der Waals surface area contributed by atoms with E-state index >= 15 is 0 Å². The third kappa shape index (κ3) is 8430. The fourth-order valence-electron chi connectivity index (χ4n) is 0. The van der Waals surface area contributed by atoms with Crippen LogP contribution in [0.3, 0.4) is 0 Å². The van der Waals surface area contributed by atoms with Gasteiger partial charge in [-0.2, -0.15) is 0 Å². The Hall–Kier alpha value is -0.850. The molecular formula is C3H12N2O4. The Labute approximate surface area is 52.4 Å². The van der Waals surface area contributed by atoms with Crippen LogP contribution >= 0.6 is 0 Å². The Morgan fingerprint density at radius 3 is 1.67 bits per heavy atom. The highest BCUT2D eigenvalue weighted by molar-refractivity contribution is 5.61. The van der Waals surface area contributed by atoms with Crippen LogP contribution in [-0.2, 0) is 0 Å². The monoisotopic (exact) mass is 140 g/mol. The minimum atomic E-state index is -1.33. The van der Waals surface area contributed by atoms with E-state index in [0.717, 1.165) is 0 Å². The van der Waals surface area contributed by atoms with Crippen molar-refractivity contribution in [1.29, 1.82) is 0 Å². The van der Waals surface area contributed by atoms with Crippen molar-refractivity contribution in [3.05, 3.63) is 0 Å². The number of amides is 1. The van der Waals surface area contributed by atoms with E-state index < -0.39 is 6.09 Å². The molecule has 0 spiro atoms. The second-order valence-corrected chi connectivity index (χ2v) is 0.851. The molecule has 0 unspecified atom stereocenters. The molecule has 0 aliphatic heterocycles. The first-order valence-corrected chi connectivity index (χ1v) is 1.94. The van der Waals surface area contributed by atoms with Crippen LogP contribution in [0.2, 0.25) is 0 Å². The van der Waals surface area contributed by atoms with E-state index in [1.54, 1.807) is 0 Å². The van der Waals surface area contributed by atoms with Gasteiger partial charge in [-0.1, -0.05) is 0 Å². The molecule has 0 aliphatic carbocycles. The largest absolute Gasteiger partial charge is 0.465 e. The number of rotatable bonds is 1. The Kier molecular flexibility index (Phi) is 27.4. The predicted octanol–water partition coefficient (Wildman–Crippen LogP) is -2.26. The molecular weight excluding hydrogens is 128 g/mol. The van der Waals surface area contributed by atoms with Crippen molar-refractivity contribution in [2.45, 2.75) is 0 Å². The Morgan fingerprint density at radius 2 is 1.67 bits per heavy atom. The maximum atomic E-state index is 8.78. The second kappa shape index (κ2) is 15.7. The quantitative estimate of drug-likeness (QED) is 0.326. The van der Waals surface area contributed by atoms with Gasteiger partial charge >= 0.3 is 6.09 Å². The van der Waals surface area contributed by atoms with Gasteiger partial charge in [-0.15, -0.1) is 0 Å². The topological polar surface area (TPSA) is 141 Å². The first-order chi connectivity index (χ1) is 3.65. The predicted molar refractivity (Wildman–Crippen MR) is 32.0 cm³/mol. The zero-order valence-electron chi connectivity index (χ0n) is 4.87. The average Bonchev–Trinajstić information content (AvgIpc) is 1.65. The van der Waals surface area contributed by atoms with E-state index in [1.807, 2.05) is 0 Å². The molecule has 0 saturated heterocycles. The number of carboxylic acid groups (broad SMARTS) is 1. The second-order valence-electron chi connectivity index (χ2n) is 0.851. The first kappa shape index (κ1) is 15.7. The van der Waals surface area contributed by atoms with Gasteiger partial charge in [0.15, 0.2) is 0 Å². The van der Waals surface area contributed by atoms with Gasteiger partial charge in [0.1, 0.15) is 0 Å². The van der Waals surface area contributed by atoms with Gasteiger partial charge in [0.25, 0.3) is 0 Å². The van der Waals surface area contributed by atoms with Crippen molar-refractivity contribution in [3.63, 3.8) is 0 Å². The molecule has 0 saturated carbocycles. The van der Waals surface area contributed by atoms with Gasteiger partial charge in [0.05, 0.1) is 6.61 Å². The zero-order chi connectivity index (χ0) is 6.99. The fourth-order valence-corrected chi connectivity index (χ4v) is 0. The van der Waals surface area contributed by atoms with E-state index in [4.69, 9.17) is 20.7 Å². The van der Waals surface area contributed by atoms with Crippen molar-refractivity contribution >= 4 is 6.09 Å². The highest BCUT2D eigenvalue weighted by Gasteiger charge is 1.65. The summed E-state index contributed by atoms with van der Waals surface area (Å²) in [6.07, 6.45) is -1.33. The van der Waals surface area contributed by atoms with Crippen LogP contribution in [0.25, 0.3) is 0 Å². The molecule has 0 aromatic rings. The highest BCUT2D eigenvalue weighted by Crippen LogP contribution is 1.34. The van der Waals surface area contributed by atoms with Crippen molar-refractivity contribution in [1.82, 2.24) is 0 Å². The van der Waals surface area contributed by atoms with Crippen LogP contribution in [0, 0.1) is 0 Å². The standard InChI is InChI=1S/C2H7NO.CH3NO2.H2O/c3-1-2-4;2-1(3)4;/h4H,1-3H2;2H2,(H,3,4);1H2. The van der Waals surface area contributed by atoms with E-state index in [1.165, 1.54) is 0 Å². The van der Waals surface area contributed by atoms with Gasteiger partial charge in [-0.05, 0) is 0 Å². The molecule has 8 N–H and O–H groups in total. The zero-order valence-corrected chi connectivity index (χ0v) is 4.87. The summed E-state index contributed by atoms with van der Waals surface area (Å²) in [5.74, 6) is 0. The van der Waals surface area contributed by atoms with Gasteiger partial charge in [0, 0.05) is 6.54 Å². The van der Waals surface area contributed by atoms with Crippen LogP contribution < -0.4 is 11.5 Å². The molecule has 58 valence electrons. The Bertz CT molecular complexity index is 51.8. The van der Waals surface area contributed by atoms with Crippen LogP contribution in [0.4, 0.5) is 4.79 Å². The van der Waals surface area contributed by atoms with Gasteiger partial charge in [0.2, 0.25) is 0 Å². The average molecular weight is 140 g/mol. The van der Waals surface area contributed by atoms with E-state index in [0.29, 0.717) is 6.54 Å². The molecule has 9 heavy (non-hydrogen) atoms. The molecule has 0 bridgehead atoms. The van der Waals surface area contributed by atoms with Crippen LogP contribution in [0.5, 0.6) is 0 Å². The summed E-state index contributed by atoms with van der Waals surface area (Å²) in [6, 6.07) is 0. The first-order valence-electron chi connectivity index (χ1n) is 1.94.